The number of rotatable bonds is 5. The maximum Gasteiger partial charge on any atom is 0.208 e. The Morgan fingerprint density at radius 1 is 1.27 bits per heavy atom. The maximum atomic E-state index is 5.29. The van der Waals surface area contributed by atoms with Gasteiger partial charge in [-0.2, -0.15) is 0 Å². The number of furan rings is 1. The molecule has 3 aromatic rings. The molecular weight excluding hydrogens is 300 g/mol. The zero-order valence-electron chi connectivity index (χ0n) is 12.0. The Bertz CT molecular complexity index is 728. The average Bonchev–Trinajstić information content (AvgIpc) is 3.33. The molecule has 1 aliphatic rings. The van der Waals surface area contributed by atoms with E-state index in [9.17, 15) is 0 Å². The summed E-state index contributed by atoms with van der Waals surface area (Å²) in [5.74, 6) is 3.58. The number of H-pyrrole nitrogens is 1. The largest absolute Gasteiger partial charge is 0.461 e. The molecule has 6 nitrogen and oxygen atoms in total. The van der Waals surface area contributed by atoms with Crippen molar-refractivity contribution in [3.63, 3.8) is 0 Å². The fraction of sp³-hybridized carbons (Fsp3) is 0.400. The van der Waals surface area contributed by atoms with Gasteiger partial charge in [0.25, 0.3) is 0 Å². The first-order chi connectivity index (χ1) is 10.9. The van der Waals surface area contributed by atoms with Crippen LogP contribution >= 0.6 is 11.8 Å². The summed E-state index contributed by atoms with van der Waals surface area (Å²) in [6.07, 6.45) is 6.64. The summed E-state index contributed by atoms with van der Waals surface area (Å²) < 4.78 is 10.6. The first kappa shape index (κ1) is 13.6. The highest BCUT2D eigenvalue weighted by molar-refractivity contribution is 7.98. The second-order valence-electron chi connectivity index (χ2n) is 5.43. The van der Waals surface area contributed by atoms with E-state index in [1.165, 1.54) is 25.7 Å². The van der Waals surface area contributed by atoms with Crippen LogP contribution in [-0.2, 0) is 5.75 Å². The molecule has 0 bridgehead atoms. The van der Waals surface area contributed by atoms with E-state index in [1.807, 2.05) is 18.2 Å². The van der Waals surface area contributed by atoms with Gasteiger partial charge in [0, 0.05) is 17.7 Å². The van der Waals surface area contributed by atoms with Crippen LogP contribution in [0.1, 0.15) is 43.1 Å². The van der Waals surface area contributed by atoms with Crippen molar-refractivity contribution >= 4 is 11.8 Å². The minimum Gasteiger partial charge on any atom is -0.461 e. The van der Waals surface area contributed by atoms with E-state index in [1.54, 1.807) is 18.0 Å². The minimum absolute atomic E-state index is 0.555. The zero-order valence-corrected chi connectivity index (χ0v) is 12.8. The normalized spacial score (nSPS) is 15.6. The van der Waals surface area contributed by atoms with Gasteiger partial charge < -0.3 is 8.94 Å². The fourth-order valence-electron chi connectivity index (χ4n) is 2.76. The lowest BCUT2D eigenvalue weighted by Crippen LogP contribution is -1.94. The van der Waals surface area contributed by atoms with Crippen molar-refractivity contribution in [2.45, 2.75) is 42.5 Å². The predicted octanol–water partition coefficient (Wildman–Crippen LogP) is 4.00. The molecule has 0 aromatic carbocycles. The molecule has 0 spiro atoms. The molecule has 114 valence electrons. The van der Waals surface area contributed by atoms with E-state index in [0.29, 0.717) is 23.2 Å². The SMILES string of the molecule is c1coc(-c2cc(CSc3n[nH]c(C4CCCC4)n3)no2)c1. The molecule has 22 heavy (non-hydrogen) atoms. The molecular formula is C15H16N4O2S. The first-order valence-corrected chi connectivity index (χ1v) is 8.41. The quantitative estimate of drug-likeness (QED) is 0.716. The van der Waals surface area contributed by atoms with Crippen molar-refractivity contribution in [3.8, 4) is 11.5 Å². The first-order valence-electron chi connectivity index (χ1n) is 7.43. The summed E-state index contributed by atoms with van der Waals surface area (Å²) in [6.45, 7) is 0. The van der Waals surface area contributed by atoms with Gasteiger partial charge >= 0.3 is 0 Å². The molecule has 0 unspecified atom stereocenters. The summed E-state index contributed by atoms with van der Waals surface area (Å²) in [4.78, 5) is 4.58. The van der Waals surface area contributed by atoms with Gasteiger partial charge in [-0.3, -0.25) is 5.10 Å². The Hall–Kier alpha value is -2.02. The molecule has 0 saturated heterocycles. The van der Waals surface area contributed by atoms with E-state index in [-0.39, 0.29) is 0 Å². The van der Waals surface area contributed by atoms with Crippen LogP contribution in [0.5, 0.6) is 0 Å². The van der Waals surface area contributed by atoms with Crippen molar-refractivity contribution in [1.29, 1.82) is 0 Å². The lowest BCUT2D eigenvalue weighted by molar-refractivity contribution is 0.413. The Labute approximate surface area is 131 Å². The predicted molar refractivity (Wildman–Crippen MR) is 81.4 cm³/mol. The van der Waals surface area contributed by atoms with Crippen molar-refractivity contribution < 1.29 is 8.94 Å². The van der Waals surface area contributed by atoms with Crippen LogP contribution in [0.25, 0.3) is 11.5 Å². The molecule has 4 rings (SSSR count). The van der Waals surface area contributed by atoms with Gasteiger partial charge in [0.2, 0.25) is 10.9 Å². The molecule has 1 aliphatic carbocycles. The molecule has 3 heterocycles. The van der Waals surface area contributed by atoms with Gasteiger partial charge in [-0.15, -0.1) is 5.10 Å². The van der Waals surface area contributed by atoms with Gasteiger partial charge in [-0.05, 0) is 25.0 Å². The molecule has 3 aromatic heterocycles. The van der Waals surface area contributed by atoms with Gasteiger partial charge in [-0.25, -0.2) is 4.98 Å². The van der Waals surface area contributed by atoms with Crippen LogP contribution in [0.4, 0.5) is 0 Å². The van der Waals surface area contributed by atoms with Gasteiger partial charge in [0.15, 0.2) is 5.76 Å². The lowest BCUT2D eigenvalue weighted by Gasteiger charge is -2.01. The van der Waals surface area contributed by atoms with Crippen LogP contribution in [0.3, 0.4) is 0 Å². The molecule has 0 atom stereocenters. The topological polar surface area (TPSA) is 80.7 Å². The van der Waals surface area contributed by atoms with Crippen molar-refractivity contribution in [2.24, 2.45) is 0 Å². The van der Waals surface area contributed by atoms with Crippen LogP contribution in [0.2, 0.25) is 0 Å². The van der Waals surface area contributed by atoms with Crippen LogP contribution in [0, 0.1) is 0 Å². The summed E-state index contributed by atoms with van der Waals surface area (Å²) in [7, 11) is 0. The van der Waals surface area contributed by atoms with Gasteiger partial charge in [0.05, 0.1) is 12.0 Å². The second-order valence-corrected chi connectivity index (χ2v) is 6.38. The van der Waals surface area contributed by atoms with Gasteiger partial charge in [0.1, 0.15) is 5.82 Å². The standard InChI is InChI=1S/C15H16N4O2S/c1-2-5-10(4-1)14-16-15(18-17-14)22-9-11-8-13(21-19-11)12-6-3-7-20-12/h3,6-8,10H,1-2,4-5,9H2,(H,16,17,18). The highest BCUT2D eigenvalue weighted by Gasteiger charge is 2.20. The summed E-state index contributed by atoms with van der Waals surface area (Å²) in [6, 6.07) is 5.56. The third-order valence-corrected chi connectivity index (χ3v) is 4.78. The highest BCUT2D eigenvalue weighted by Crippen LogP contribution is 2.33. The van der Waals surface area contributed by atoms with Crippen LogP contribution in [0.15, 0.2) is 38.6 Å². The number of aromatic amines is 1. The van der Waals surface area contributed by atoms with E-state index in [2.05, 4.69) is 20.3 Å². The zero-order chi connectivity index (χ0) is 14.8. The smallest absolute Gasteiger partial charge is 0.208 e. The van der Waals surface area contributed by atoms with E-state index < -0.39 is 0 Å². The maximum absolute atomic E-state index is 5.29. The number of nitrogens with one attached hydrogen (secondary N) is 1. The van der Waals surface area contributed by atoms with Crippen LogP contribution < -0.4 is 0 Å². The minimum atomic E-state index is 0.555. The third kappa shape index (κ3) is 2.81. The summed E-state index contributed by atoms with van der Waals surface area (Å²) >= 11 is 1.56. The number of nitrogens with zero attached hydrogens (tertiary/aromatic N) is 3. The second kappa shape index (κ2) is 6.00. The number of hydrogen-bond donors (Lipinski definition) is 1. The van der Waals surface area contributed by atoms with Crippen LogP contribution in [-0.4, -0.2) is 20.3 Å². The molecule has 7 heteroatoms. The highest BCUT2D eigenvalue weighted by atomic mass is 32.2. The number of thioether (sulfide) groups is 1. The molecule has 1 fully saturated rings. The average molecular weight is 316 g/mol. The monoisotopic (exact) mass is 316 g/mol. The number of hydrogen-bond acceptors (Lipinski definition) is 6. The molecule has 0 amide bonds. The molecule has 1 saturated carbocycles. The van der Waals surface area contributed by atoms with E-state index in [4.69, 9.17) is 8.94 Å². The Morgan fingerprint density at radius 3 is 3.00 bits per heavy atom. The molecule has 1 N–H and O–H groups in total. The number of aromatic nitrogens is 4. The molecule has 0 radical (unpaired) electrons. The van der Waals surface area contributed by atoms with E-state index in [0.717, 1.165) is 16.7 Å². The summed E-state index contributed by atoms with van der Waals surface area (Å²) in [5.41, 5.74) is 0.851. The van der Waals surface area contributed by atoms with Crippen molar-refractivity contribution in [1.82, 2.24) is 20.3 Å². The Morgan fingerprint density at radius 2 is 2.18 bits per heavy atom. The Kier molecular flexibility index (Phi) is 3.72. The fourth-order valence-corrected chi connectivity index (χ4v) is 3.44. The van der Waals surface area contributed by atoms with Crippen molar-refractivity contribution in [2.75, 3.05) is 0 Å². The van der Waals surface area contributed by atoms with Crippen molar-refractivity contribution in [3.05, 3.63) is 36.0 Å². The van der Waals surface area contributed by atoms with Gasteiger partial charge in [-0.1, -0.05) is 29.8 Å². The summed E-state index contributed by atoms with van der Waals surface area (Å²) in [5, 5.41) is 12.2. The third-order valence-electron chi connectivity index (χ3n) is 3.90. The Balaban J connectivity index is 1.38. The van der Waals surface area contributed by atoms with E-state index >= 15 is 0 Å². The molecule has 0 aliphatic heterocycles. The lowest BCUT2D eigenvalue weighted by atomic mass is 10.1.